The predicted molar refractivity (Wildman–Crippen MR) is 122 cm³/mol. The van der Waals surface area contributed by atoms with Crippen molar-refractivity contribution in [3.63, 3.8) is 0 Å². The van der Waals surface area contributed by atoms with Crippen molar-refractivity contribution in [1.29, 1.82) is 0 Å². The summed E-state index contributed by atoms with van der Waals surface area (Å²) in [4.78, 5) is 17.2. The molecule has 1 aliphatic rings. The maximum absolute atomic E-state index is 13.2. The second kappa shape index (κ2) is 10.4. The van der Waals surface area contributed by atoms with Gasteiger partial charge in [0.05, 0.1) is 0 Å². The van der Waals surface area contributed by atoms with Gasteiger partial charge in [0.2, 0.25) is 0 Å². The molecule has 3 rings (SSSR count). The number of ether oxygens (including phenoxy) is 1. The molecule has 168 valence electrons. The second-order valence-corrected chi connectivity index (χ2v) is 8.72. The third kappa shape index (κ3) is 5.97. The number of hydrogen-bond acceptors (Lipinski definition) is 4. The van der Waals surface area contributed by atoms with Crippen molar-refractivity contribution in [2.24, 2.45) is 0 Å². The Morgan fingerprint density at radius 1 is 1.19 bits per heavy atom. The lowest BCUT2D eigenvalue weighted by molar-refractivity contribution is -0.139. The van der Waals surface area contributed by atoms with Gasteiger partial charge in [-0.2, -0.15) is 0 Å². The van der Waals surface area contributed by atoms with Crippen LogP contribution in [0.15, 0.2) is 42.5 Å². The topological polar surface area (TPSA) is 44.8 Å². The highest BCUT2D eigenvalue weighted by Crippen LogP contribution is 2.28. The normalized spacial score (nSPS) is 20.5. The predicted octanol–water partition coefficient (Wildman–Crippen LogP) is 4.26. The number of nitrogens with zero attached hydrogens (tertiary/aromatic N) is 2. The first-order valence-electron chi connectivity index (χ1n) is 10.7. The van der Waals surface area contributed by atoms with E-state index >= 15 is 0 Å². The van der Waals surface area contributed by atoms with E-state index in [4.69, 9.17) is 16.3 Å². The van der Waals surface area contributed by atoms with E-state index in [0.29, 0.717) is 17.3 Å². The van der Waals surface area contributed by atoms with Crippen LogP contribution in [0.2, 0.25) is 5.02 Å². The SMILES string of the molecule is CNC(C)c1cc(Cl)ccc1OCC(=O)N1CC(C)N(Cc2ccc(F)cc2)CC1C. The number of halogens is 2. The molecular weight excluding hydrogens is 417 g/mol. The van der Waals surface area contributed by atoms with Gasteiger partial charge in [-0.15, -0.1) is 0 Å². The molecule has 1 aliphatic heterocycles. The first kappa shape index (κ1) is 23.5. The Kier molecular flexibility index (Phi) is 7.92. The molecular formula is C24H31ClFN3O2. The molecule has 5 nitrogen and oxygen atoms in total. The van der Waals surface area contributed by atoms with Gasteiger partial charge in [0, 0.05) is 48.3 Å². The Bertz CT molecular complexity index is 893. The van der Waals surface area contributed by atoms with Gasteiger partial charge in [-0.1, -0.05) is 23.7 Å². The number of carbonyl (C=O) groups is 1. The highest BCUT2D eigenvalue weighted by atomic mass is 35.5. The van der Waals surface area contributed by atoms with Crippen LogP contribution in [0, 0.1) is 5.82 Å². The molecule has 2 aromatic rings. The minimum Gasteiger partial charge on any atom is -0.483 e. The molecule has 0 aliphatic carbocycles. The lowest BCUT2D eigenvalue weighted by Gasteiger charge is -2.44. The van der Waals surface area contributed by atoms with Gasteiger partial charge in [-0.3, -0.25) is 9.69 Å². The van der Waals surface area contributed by atoms with Crippen LogP contribution < -0.4 is 10.1 Å². The average molecular weight is 448 g/mol. The van der Waals surface area contributed by atoms with Gasteiger partial charge < -0.3 is 15.0 Å². The van der Waals surface area contributed by atoms with Crippen molar-refractivity contribution in [3.8, 4) is 5.75 Å². The van der Waals surface area contributed by atoms with Crippen LogP contribution in [-0.2, 0) is 11.3 Å². The molecule has 0 aromatic heterocycles. The van der Waals surface area contributed by atoms with Gasteiger partial charge in [-0.05, 0) is 63.7 Å². The molecule has 0 saturated carbocycles. The molecule has 7 heteroatoms. The summed E-state index contributed by atoms with van der Waals surface area (Å²) in [6, 6.07) is 12.4. The summed E-state index contributed by atoms with van der Waals surface area (Å²) in [5, 5.41) is 3.81. The lowest BCUT2D eigenvalue weighted by atomic mass is 10.1. The third-order valence-electron chi connectivity index (χ3n) is 5.96. The Labute approximate surface area is 189 Å². The fraction of sp³-hybridized carbons (Fsp3) is 0.458. The third-order valence-corrected chi connectivity index (χ3v) is 6.19. The van der Waals surface area contributed by atoms with E-state index in [1.165, 1.54) is 12.1 Å². The maximum Gasteiger partial charge on any atom is 0.260 e. The van der Waals surface area contributed by atoms with E-state index in [9.17, 15) is 9.18 Å². The summed E-state index contributed by atoms with van der Waals surface area (Å²) in [5.74, 6) is 0.405. The van der Waals surface area contributed by atoms with Crippen LogP contribution in [0.5, 0.6) is 5.75 Å². The Morgan fingerprint density at radius 2 is 1.90 bits per heavy atom. The van der Waals surface area contributed by atoms with Crippen molar-refractivity contribution < 1.29 is 13.9 Å². The van der Waals surface area contributed by atoms with Gasteiger partial charge in [-0.25, -0.2) is 4.39 Å². The highest BCUT2D eigenvalue weighted by Gasteiger charge is 2.32. The molecule has 2 aromatic carbocycles. The standard InChI is InChI=1S/C24H31ClFN3O2/c1-16-13-29(17(2)12-28(16)14-19-5-8-21(26)9-6-19)24(30)15-31-23-10-7-20(25)11-22(23)18(3)27-4/h5-11,16-18,27H,12-15H2,1-4H3. The van der Waals surface area contributed by atoms with Crippen molar-refractivity contribution in [3.05, 3.63) is 64.4 Å². The van der Waals surface area contributed by atoms with Crippen LogP contribution in [-0.4, -0.2) is 54.5 Å². The number of rotatable bonds is 7. The molecule has 1 N–H and O–H groups in total. The zero-order valence-electron chi connectivity index (χ0n) is 18.6. The van der Waals surface area contributed by atoms with Gasteiger partial charge in [0.1, 0.15) is 11.6 Å². The summed E-state index contributed by atoms with van der Waals surface area (Å²) < 4.78 is 19.1. The van der Waals surface area contributed by atoms with E-state index in [1.807, 2.05) is 43.1 Å². The van der Waals surface area contributed by atoms with E-state index in [1.54, 1.807) is 6.07 Å². The molecule has 0 radical (unpaired) electrons. The number of benzene rings is 2. The van der Waals surface area contributed by atoms with Gasteiger partial charge in [0.25, 0.3) is 5.91 Å². The van der Waals surface area contributed by atoms with E-state index in [-0.39, 0.29) is 36.5 Å². The van der Waals surface area contributed by atoms with Crippen molar-refractivity contribution in [1.82, 2.24) is 15.1 Å². The first-order chi connectivity index (χ1) is 14.8. The highest BCUT2D eigenvalue weighted by molar-refractivity contribution is 6.30. The van der Waals surface area contributed by atoms with Crippen LogP contribution in [0.3, 0.4) is 0 Å². The number of piperazine rings is 1. The van der Waals surface area contributed by atoms with Crippen molar-refractivity contribution in [2.75, 3.05) is 26.7 Å². The Hall–Kier alpha value is -2.15. The molecule has 1 amide bonds. The molecule has 0 bridgehead atoms. The molecule has 1 saturated heterocycles. The summed E-state index contributed by atoms with van der Waals surface area (Å²) >= 11 is 6.14. The lowest BCUT2D eigenvalue weighted by Crippen LogP contribution is -2.58. The minimum atomic E-state index is -0.228. The van der Waals surface area contributed by atoms with Gasteiger partial charge in [0.15, 0.2) is 6.61 Å². The number of hydrogen-bond donors (Lipinski definition) is 1. The Morgan fingerprint density at radius 3 is 2.58 bits per heavy atom. The monoisotopic (exact) mass is 447 g/mol. The summed E-state index contributed by atoms with van der Waals surface area (Å²) in [6.07, 6.45) is 0. The molecule has 0 spiro atoms. The summed E-state index contributed by atoms with van der Waals surface area (Å²) in [7, 11) is 1.87. The fourth-order valence-corrected chi connectivity index (χ4v) is 4.14. The van der Waals surface area contributed by atoms with Crippen molar-refractivity contribution in [2.45, 2.75) is 45.4 Å². The largest absolute Gasteiger partial charge is 0.483 e. The van der Waals surface area contributed by atoms with E-state index in [0.717, 1.165) is 24.2 Å². The van der Waals surface area contributed by atoms with Crippen LogP contribution >= 0.6 is 11.6 Å². The first-order valence-corrected chi connectivity index (χ1v) is 11.0. The summed E-state index contributed by atoms with van der Waals surface area (Å²) in [6.45, 7) is 8.30. The zero-order chi connectivity index (χ0) is 22.5. The quantitative estimate of drug-likeness (QED) is 0.688. The van der Waals surface area contributed by atoms with Crippen molar-refractivity contribution >= 4 is 17.5 Å². The molecule has 3 atom stereocenters. The number of carbonyl (C=O) groups excluding carboxylic acids is 1. The zero-order valence-corrected chi connectivity index (χ0v) is 19.3. The maximum atomic E-state index is 13.2. The summed E-state index contributed by atoms with van der Waals surface area (Å²) in [5.41, 5.74) is 1.99. The molecule has 31 heavy (non-hydrogen) atoms. The van der Waals surface area contributed by atoms with Crippen LogP contribution in [0.25, 0.3) is 0 Å². The van der Waals surface area contributed by atoms with Crippen LogP contribution in [0.1, 0.15) is 37.9 Å². The van der Waals surface area contributed by atoms with E-state index < -0.39 is 0 Å². The molecule has 3 unspecified atom stereocenters. The number of amides is 1. The fourth-order valence-electron chi connectivity index (χ4n) is 3.96. The second-order valence-electron chi connectivity index (χ2n) is 8.28. The van der Waals surface area contributed by atoms with Gasteiger partial charge >= 0.3 is 0 Å². The Balaban J connectivity index is 1.60. The van der Waals surface area contributed by atoms with Crippen LogP contribution in [0.4, 0.5) is 4.39 Å². The molecule has 1 fully saturated rings. The molecule has 1 heterocycles. The number of nitrogens with one attached hydrogen (secondary N) is 1. The minimum absolute atomic E-state index is 0.0138. The van der Waals surface area contributed by atoms with E-state index in [2.05, 4.69) is 24.1 Å². The average Bonchev–Trinajstić information content (AvgIpc) is 2.75. The smallest absolute Gasteiger partial charge is 0.260 e.